The Hall–Kier alpha value is -0.420. The van der Waals surface area contributed by atoms with E-state index in [0.29, 0.717) is 24.9 Å². The van der Waals surface area contributed by atoms with Crippen LogP contribution >= 0.6 is 11.8 Å². The molecular weight excluding hydrogens is 236 g/mol. The van der Waals surface area contributed by atoms with Crippen LogP contribution in [-0.2, 0) is 4.74 Å². The SMILES string of the molecule is CC(C)(C)OC(=O)NCC1CCSCC1CN. The van der Waals surface area contributed by atoms with E-state index in [2.05, 4.69) is 5.32 Å². The summed E-state index contributed by atoms with van der Waals surface area (Å²) in [7, 11) is 0. The molecule has 1 heterocycles. The molecule has 0 aliphatic carbocycles. The van der Waals surface area contributed by atoms with Crippen LogP contribution in [-0.4, -0.2) is 36.3 Å². The minimum atomic E-state index is -0.431. The van der Waals surface area contributed by atoms with Gasteiger partial charge in [0.05, 0.1) is 0 Å². The number of amides is 1. The van der Waals surface area contributed by atoms with E-state index in [4.69, 9.17) is 10.5 Å². The number of hydrogen-bond acceptors (Lipinski definition) is 4. The molecule has 0 bridgehead atoms. The number of nitrogens with one attached hydrogen (secondary N) is 1. The fourth-order valence-electron chi connectivity index (χ4n) is 1.90. The second-order valence-electron chi connectivity index (χ2n) is 5.50. The van der Waals surface area contributed by atoms with Gasteiger partial charge in [-0.3, -0.25) is 0 Å². The molecule has 1 rings (SSSR count). The fourth-order valence-corrected chi connectivity index (χ4v) is 3.25. The second-order valence-corrected chi connectivity index (χ2v) is 6.65. The van der Waals surface area contributed by atoms with Crippen molar-refractivity contribution in [1.82, 2.24) is 5.32 Å². The van der Waals surface area contributed by atoms with Crippen LogP contribution in [0.3, 0.4) is 0 Å². The Labute approximate surface area is 108 Å². The van der Waals surface area contributed by atoms with Gasteiger partial charge < -0.3 is 15.8 Å². The molecule has 1 saturated heterocycles. The summed E-state index contributed by atoms with van der Waals surface area (Å²) in [6.45, 7) is 6.98. The predicted molar refractivity (Wildman–Crippen MR) is 72.2 cm³/mol. The molecule has 3 N–H and O–H groups in total. The molecule has 100 valence electrons. The molecule has 2 unspecified atom stereocenters. The summed E-state index contributed by atoms with van der Waals surface area (Å²) < 4.78 is 5.21. The summed E-state index contributed by atoms with van der Waals surface area (Å²) in [5.74, 6) is 3.28. The highest BCUT2D eigenvalue weighted by Gasteiger charge is 2.25. The standard InChI is InChI=1S/C12H24N2O2S/c1-12(2,3)16-11(15)14-7-9-4-5-17-8-10(9)6-13/h9-10H,4-8,13H2,1-3H3,(H,14,15). The van der Waals surface area contributed by atoms with Crippen molar-refractivity contribution >= 4 is 17.9 Å². The van der Waals surface area contributed by atoms with Crippen LogP contribution in [0.2, 0.25) is 0 Å². The third kappa shape index (κ3) is 5.64. The molecule has 0 spiro atoms. The van der Waals surface area contributed by atoms with Crippen LogP contribution in [0.4, 0.5) is 4.79 Å². The first-order valence-corrected chi connectivity index (χ1v) is 7.32. The minimum Gasteiger partial charge on any atom is -0.444 e. The van der Waals surface area contributed by atoms with E-state index in [1.54, 1.807) is 0 Å². The topological polar surface area (TPSA) is 64.3 Å². The lowest BCUT2D eigenvalue weighted by Gasteiger charge is -2.30. The van der Waals surface area contributed by atoms with Crippen molar-refractivity contribution in [2.45, 2.75) is 32.8 Å². The lowest BCUT2D eigenvalue weighted by atomic mass is 9.91. The van der Waals surface area contributed by atoms with Gasteiger partial charge in [0.2, 0.25) is 0 Å². The number of carbonyl (C=O) groups is 1. The minimum absolute atomic E-state index is 0.327. The zero-order valence-corrected chi connectivity index (χ0v) is 11.8. The van der Waals surface area contributed by atoms with Crippen LogP contribution < -0.4 is 11.1 Å². The maximum atomic E-state index is 11.5. The van der Waals surface area contributed by atoms with Crippen LogP contribution in [0.25, 0.3) is 0 Å². The largest absolute Gasteiger partial charge is 0.444 e. The Morgan fingerprint density at radius 2 is 2.18 bits per heavy atom. The molecule has 5 heteroatoms. The molecule has 0 aromatic heterocycles. The first-order valence-electron chi connectivity index (χ1n) is 6.17. The van der Waals surface area contributed by atoms with Gasteiger partial charge in [-0.15, -0.1) is 0 Å². The average Bonchev–Trinajstić information content (AvgIpc) is 2.24. The summed E-state index contributed by atoms with van der Waals surface area (Å²) in [4.78, 5) is 11.5. The monoisotopic (exact) mass is 260 g/mol. The van der Waals surface area contributed by atoms with E-state index in [1.165, 1.54) is 0 Å². The molecule has 17 heavy (non-hydrogen) atoms. The zero-order chi connectivity index (χ0) is 12.9. The first-order chi connectivity index (χ1) is 7.92. The van der Waals surface area contributed by atoms with E-state index in [9.17, 15) is 4.79 Å². The zero-order valence-electron chi connectivity index (χ0n) is 11.0. The smallest absolute Gasteiger partial charge is 0.407 e. The van der Waals surface area contributed by atoms with Gasteiger partial charge in [0, 0.05) is 6.54 Å². The number of hydrogen-bond donors (Lipinski definition) is 2. The molecular formula is C12H24N2O2S. The molecule has 0 radical (unpaired) electrons. The summed E-state index contributed by atoms with van der Waals surface area (Å²) in [6, 6.07) is 0. The Morgan fingerprint density at radius 3 is 2.76 bits per heavy atom. The van der Waals surface area contributed by atoms with Gasteiger partial charge in [0.25, 0.3) is 0 Å². The third-order valence-electron chi connectivity index (χ3n) is 2.84. The normalized spacial score (nSPS) is 25.4. The van der Waals surface area contributed by atoms with Crippen molar-refractivity contribution in [3.8, 4) is 0 Å². The Bertz CT molecular complexity index is 253. The lowest BCUT2D eigenvalue weighted by Crippen LogP contribution is -2.40. The van der Waals surface area contributed by atoms with Crippen LogP contribution in [0.5, 0.6) is 0 Å². The van der Waals surface area contributed by atoms with Crippen molar-refractivity contribution in [3.05, 3.63) is 0 Å². The maximum absolute atomic E-state index is 11.5. The maximum Gasteiger partial charge on any atom is 0.407 e. The molecule has 1 amide bonds. The van der Waals surface area contributed by atoms with Gasteiger partial charge in [-0.2, -0.15) is 11.8 Å². The van der Waals surface area contributed by atoms with E-state index < -0.39 is 5.60 Å². The van der Waals surface area contributed by atoms with E-state index in [0.717, 1.165) is 17.9 Å². The Kier molecular flexibility index (Phi) is 5.59. The summed E-state index contributed by atoms with van der Waals surface area (Å²) >= 11 is 1.95. The lowest BCUT2D eigenvalue weighted by molar-refractivity contribution is 0.0513. The van der Waals surface area contributed by atoms with Crippen LogP contribution in [0.1, 0.15) is 27.2 Å². The van der Waals surface area contributed by atoms with Crippen molar-refractivity contribution < 1.29 is 9.53 Å². The third-order valence-corrected chi connectivity index (χ3v) is 4.03. The quantitative estimate of drug-likeness (QED) is 0.812. The summed E-state index contributed by atoms with van der Waals surface area (Å²) in [5, 5.41) is 2.85. The molecule has 4 nitrogen and oxygen atoms in total. The van der Waals surface area contributed by atoms with Crippen molar-refractivity contribution in [3.63, 3.8) is 0 Å². The number of rotatable bonds is 3. The summed E-state index contributed by atoms with van der Waals surface area (Å²) in [5.41, 5.74) is 5.31. The molecule has 1 aliphatic rings. The van der Waals surface area contributed by atoms with Crippen molar-refractivity contribution in [2.75, 3.05) is 24.6 Å². The van der Waals surface area contributed by atoms with Gasteiger partial charge in [0.1, 0.15) is 5.60 Å². The van der Waals surface area contributed by atoms with Gasteiger partial charge in [-0.25, -0.2) is 4.79 Å². The Balaban J connectivity index is 2.31. The Morgan fingerprint density at radius 1 is 1.47 bits per heavy atom. The van der Waals surface area contributed by atoms with Crippen molar-refractivity contribution in [2.24, 2.45) is 17.6 Å². The first kappa shape index (κ1) is 14.6. The number of carbonyl (C=O) groups excluding carboxylic acids is 1. The van der Waals surface area contributed by atoms with Crippen LogP contribution in [0, 0.1) is 11.8 Å². The number of thioether (sulfide) groups is 1. The number of nitrogens with two attached hydrogens (primary N) is 1. The van der Waals surface area contributed by atoms with Gasteiger partial charge in [-0.1, -0.05) is 0 Å². The highest BCUT2D eigenvalue weighted by atomic mass is 32.2. The molecule has 1 aliphatic heterocycles. The van der Waals surface area contributed by atoms with Gasteiger partial charge in [0.15, 0.2) is 0 Å². The highest BCUT2D eigenvalue weighted by molar-refractivity contribution is 7.99. The second kappa shape index (κ2) is 6.50. The van der Waals surface area contributed by atoms with E-state index >= 15 is 0 Å². The van der Waals surface area contributed by atoms with Gasteiger partial charge in [-0.05, 0) is 57.1 Å². The molecule has 0 aromatic rings. The molecule has 0 saturated carbocycles. The molecule has 1 fully saturated rings. The fraction of sp³-hybridized carbons (Fsp3) is 0.917. The highest BCUT2D eigenvalue weighted by Crippen LogP contribution is 2.27. The van der Waals surface area contributed by atoms with Crippen LogP contribution in [0.15, 0.2) is 0 Å². The molecule has 2 atom stereocenters. The van der Waals surface area contributed by atoms with Crippen molar-refractivity contribution in [1.29, 1.82) is 0 Å². The predicted octanol–water partition coefficient (Wildman–Crippen LogP) is 1.84. The number of alkyl carbamates (subject to hydrolysis) is 1. The average molecular weight is 260 g/mol. The summed E-state index contributed by atoms with van der Waals surface area (Å²) in [6.07, 6.45) is 0.800. The van der Waals surface area contributed by atoms with E-state index in [1.807, 2.05) is 32.5 Å². The van der Waals surface area contributed by atoms with E-state index in [-0.39, 0.29) is 6.09 Å². The van der Waals surface area contributed by atoms with Gasteiger partial charge >= 0.3 is 6.09 Å². The molecule has 0 aromatic carbocycles. The number of ether oxygens (including phenoxy) is 1.